The average molecular weight is 325 g/mol. The molecule has 0 heterocycles. The monoisotopic (exact) mass is 325 g/mol. The lowest BCUT2D eigenvalue weighted by atomic mass is 10.1. The van der Waals surface area contributed by atoms with Crippen molar-refractivity contribution >= 4 is 5.91 Å². The third kappa shape index (κ3) is 3.44. The molecule has 4 heteroatoms. The summed E-state index contributed by atoms with van der Waals surface area (Å²) in [6, 6.07) is 16.0. The molecule has 0 aliphatic heterocycles. The summed E-state index contributed by atoms with van der Waals surface area (Å²) in [5.41, 5.74) is 3.28. The van der Waals surface area contributed by atoms with Crippen molar-refractivity contribution in [2.75, 3.05) is 27.4 Å². The van der Waals surface area contributed by atoms with Gasteiger partial charge in [0.25, 0.3) is 5.91 Å². The first-order valence-electron chi connectivity index (χ1n) is 8.25. The number of carbonyl (C=O) groups excluding carboxylic acids is 1. The lowest BCUT2D eigenvalue weighted by Crippen LogP contribution is -2.37. The number of fused-ring (bicyclic) bond motifs is 1. The van der Waals surface area contributed by atoms with Crippen molar-refractivity contribution in [1.82, 2.24) is 4.90 Å². The van der Waals surface area contributed by atoms with Crippen LogP contribution in [0.4, 0.5) is 0 Å². The van der Waals surface area contributed by atoms with Gasteiger partial charge in [0.2, 0.25) is 0 Å². The highest BCUT2D eigenvalue weighted by Crippen LogP contribution is 2.27. The van der Waals surface area contributed by atoms with Crippen LogP contribution < -0.4 is 4.74 Å². The second-order valence-electron chi connectivity index (χ2n) is 6.08. The Hall–Kier alpha value is -2.33. The van der Waals surface area contributed by atoms with Gasteiger partial charge in [-0.25, -0.2) is 0 Å². The molecule has 1 aliphatic carbocycles. The Balaban J connectivity index is 1.73. The van der Waals surface area contributed by atoms with E-state index < -0.39 is 0 Å². The van der Waals surface area contributed by atoms with Gasteiger partial charge >= 0.3 is 0 Å². The van der Waals surface area contributed by atoms with Crippen molar-refractivity contribution in [2.45, 2.75) is 18.9 Å². The van der Waals surface area contributed by atoms with Crippen LogP contribution in [-0.2, 0) is 17.6 Å². The summed E-state index contributed by atoms with van der Waals surface area (Å²) in [6.07, 6.45) is 1.82. The zero-order chi connectivity index (χ0) is 16.9. The molecule has 0 saturated carbocycles. The second kappa shape index (κ2) is 7.49. The lowest BCUT2D eigenvalue weighted by Gasteiger charge is -2.25. The van der Waals surface area contributed by atoms with Crippen molar-refractivity contribution < 1.29 is 14.3 Å². The molecule has 3 rings (SSSR count). The van der Waals surface area contributed by atoms with E-state index in [1.54, 1.807) is 7.11 Å². The minimum atomic E-state index is 0.000762. The van der Waals surface area contributed by atoms with Gasteiger partial charge in [0, 0.05) is 20.2 Å². The molecule has 0 aromatic heterocycles. The predicted octanol–water partition coefficient (Wildman–Crippen LogP) is 2.95. The second-order valence-corrected chi connectivity index (χ2v) is 6.08. The third-order valence-corrected chi connectivity index (χ3v) is 4.56. The molecule has 0 atom stereocenters. The lowest BCUT2D eigenvalue weighted by molar-refractivity contribution is 0.0730. The number of amides is 1. The molecule has 2 aromatic carbocycles. The smallest absolute Gasteiger partial charge is 0.257 e. The molecule has 2 aromatic rings. The standard InChI is InChI=1S/C20H23NO3/c1-21(17-13-15-7-3-4-8-16(15)14-17)20(22)18-9-5-6-10-19(18)24-12-11-23-2/h3-10,17H,11-14H2,1-2H3. The SMILES string of the molecule is COCCOc1ccccc1C(=O)N(C)C1Cc2ccccc2C1. The molecule has 1 aliphatic rings. The fourth-order valence-corrected chi connectivity index (χ4v) is 3.17. The highest BCUT2D eigenvalue weighted by Gasteiger charge is 2.28. The van der Waals surface area contributed by atoms with E-state index in [4.69, 9.17) is 9.47 Å². The maximum atomic E-state index is 13.0. The van der Waals surface area contributed by atoms with Crippen LogP contribution in [0.2, 0.25) is 0 Å². The normalized spacial score (nSPS) is 13.6. The molecule has 1 amide bonds. The highest BCUT2D eigenvalue weighted by atomic mass is 16.5. The van der Waals surface area contributed by atoms with Crippen molar-refractivity contribution in [2.24, 2.45) is 0 Å². The topological polar surface area (TPSA) is 38.8 Å². The van der Waals surface area contributed by atoms with Crippen LogP contribution in [0.5, 0.6) is 5.75 Å². The number of ether oxygens (including phenoxy) is 2. The molecule has 4 nitrogen and oxygen atoms in total. The minimum Gasteiger partial charge on any atom is -0.490 e. The first-order chi connectivity index (χ1) is 11.7. The average Bonchev–Trinajstić information content (AvgIpc) is 3.05. The van der Waals surface area contributed by atoms with Gasteiger partial charge in [-0.1, -0.05) is 36.4 Å². The molecule has 0 radical (unpaired) electrons. The Morgan fingerprint density at radius 3 is 2.33 bits per heavy atom. The largest absolute Gasteiger partial charge is 0.490 e. The number of benzene rings is 2. The van der Waals surface area contributed by atoms with Gasteiger partial charge in [0.05, 0.1) is 12.2 Å². The summed E-state index contributed by atoms with van der Waals surface area (Å²) >= 11 is 0. The van der Waals surface area contributed by atoms with E-state index in [0.717, 1.165) is 12.8 Å². The van der Waals surface area contributed by atoms with Crippen LogP contribution in [0, 0.1) is 0 Å². The van der Waals surface area contributed by atoms with Crippen molar-refractivity contribution in [3.8, 4) is 5.75 Å². The van der Waals surface area contributed by atoms with Crippen LogP contribution in [0.15, 0.2) is 48.5 Å². The summed E-state index contributed by atoms with van der Waals surface area (Å²) in [7, 11) is 3.51. The molecule has 0 fully saturated rings. The van der Waals surface area contributed by atoms with E-state index in [1.165, 1.54) is 11.1 Å². The van der Waals surface area contributed by atoms with Crippen molar-refractivity contribution in [3.05, 3.63) is 65.2 Å². The maximum absolute atomic E-state index is 13.0. The van der Waals surface area contributed by atoms with Crippen LogP contribution >= 0.6 is 0 Å². The van der Waals surface area contributed by atoms with Gasteiger partial charge < -0.3 is 14.4 Å². The molecule has 0 saturated heterocycles. The Kier molecular flexibility index (Phi) is 5.16. The molecule has 0 unspecified atom stereocenters. The molecule has 24 heavy (non-hydrogen) atoms. The van der Waals surface area contributed by atoms with Gasteiger partial charge in [0.15, 0.2) is 0 Å². The molecule has 0 bridgehead atoms. The van der Waals surface area contributed by atoms with E-state index in [2.05, 4.69) is 24.3 Å². The minimum absolute atomic E-state index is 0.000762. The van der Waals surface area contributed by atoms with Gasteiger partial charge in [0.1, 0.15) is 12.4 Å². The first kappa shape index (κ1) is 16.5. The first-order valence-corrected chi connectivity index (χ1v) is 8.25. The third-order valence-electron chi connectivity index (χ3n) is 4.56. The van der Waals surface area contributed by atoms with Crippen molar-refractivity contribution in [1.29, 1.82) is 0 Å². The number of hydrogen-bond acceptors (Lipinski definition) is 3. The van der Waals surface area contributed by atoms with Gasteiger partial charge in [-0.2, -0.15) is 0 Å². The zero-order valence-corrected chi connectivity index (χ0v) is 14.2. The number of rotatable bonds is 6. The summed E-state index contributed by atoms with van der Waals surface area (Å²) in [4.78, 5) is 14.8. The Morgan fingerprint density at radius 1 is 1.04 bits per heavy atom. The zero-order valence-electron chi connectivity index (χ0n) is 14.2. The van der Waals surface area contributed by atoms with E-state index in [-0.39, 0.29) is 11.9 Å². The molecule has 0 spiro atoms. The number of hydrogen-bond donors (Lipinski definition) is 0. The van der Waals surface area contributed by atoms with Crippen LogP contribution in [0.1, 0.15) is 21.5 Å². The van der Waals surface area contributed by atoms with Gasteiger partial charge in [-0.15, -0.1) is 0 Å². The summed E-state index contributed by atoms with van der Waals surface area (Å²) in [6.45, 7) is 0.926. The Labute approximate surface area is 143 Å². The Morgan fingerprint density at radius 2 is 1.67 bits per heavy atom. The quantitative estimate of drug-likeness (QED) is 0.767. The number of nitrogens with zero attached hydrogens (tertiary/aromatic N) is 1. The van der Waals surface area contributed by atoms with E-state index in [0.29, 0.717) is 24.5 Å². The van der Waals surface area contributed by atoms with Crippen LogP contribution in [-0.4, -0.2) is 44.2 Å². The molecular formula is C20H23NO3. The maximum Gasteiger partial charge on any atom is 0.257 e. The van der Waals surface area contributed by atoms with E-state index in [1.807, 2.05) is 36.2 Å². The predicted molar refractivity (Wildman–Crippen MR) is 93.5 cm³/mol. The molecular weight excluding hydrogens is 302 g/mol. The number of methoxy groups -OCH3 is 1. The fraction of sp³-hybridized carbons (Fsp3) is 0.350. The van der Waals surface area contributed by atoms with Crippen LogP contribution in [0.25, 0.3) is 0 Å². The molecule has 0 N–H and O–H groups in total. The van der Waals surface area contributed by atoms with Crippen molar-refractivity contribution in [3.63, 3.8) is 0 Å². The highest BCUT2D eigenvalue weighted by molar-refractivity contribution is 5.97. The van der Waals surface area contributed by atoms with E-state index in [9.17, 15) is 4.79 Å². The molecule has 126 valence electrons. The summed E-state index contributed by atoms with van der Waals surface area (Å²) in [5.74, 6) is 0.614. The van der Waals surface area contributed by atoms with Gasteiger partial charge in [-0.05, 0) is 36.1 Å². The van der Waals surface area contributed by atoms with E-state index >= 15 is 0 Å². The summed E-state index contributed by atoms with van der Waals surface area (Å²) in [5, 5.41) is 0. The van der Waals surface area contributed by atoms with Gasteiger partial charge in [-0.3, -0.25) is 4.79 Å². The number of carbonyl (C=O) groups is 1. The number of para-hydroxylation sites is 1. The Bertz CT molecular complexity index is 689. The van der Waals surface area contributed by atoms with Crippen LogP contribution in [0.3, 0.4) is 0 Å². The fourth-order valence-electron chi connectivity index (χ4n) is 3.17. The summed E-state index contributed by atoms with van der Waals surface area (Å²) < 4.78 is 10.7. The number of likely N-dealkylation sites (N-methyl/N-ethyl adjacent to an activating group) is 1.